The van der Waals surface area contributed by atoms with Crippen molar-refractivity contribution >= 4 is 21.8 Å². The Hall–Kier alpha value is -1.03. The molecule has 0 amide bonds. The third kappa shape index (κ3) is 3.50. The van der Waals surface area contributed by atoms with Gasteiger partial charge in [-0.05, 0) is 65.2 Å². The highest BCUT2D eigenvalue weighted by atomic mass is 79.9. The number of benzene rings is 1. The third-order valence-electron chi connectivity index (χ3n) is 4.09. The van der Waals surface area contributed by atoms with Crippen molar-refractivity contribution in [1.82, 2.24) is 0 Å². The van der Waals surface area contributed by atoms with Crippen LogP contribution in [-0.4, -0.2) is 11.9 Å². The van der Waals surface area contributed by atoms with Gasteiger partial charge in [-0.1, -0.05) is 13.8 Å². The Morgan fingerprint density at radius 1 is 1.32 bits per heavy atom. The largest absolute Gasteiger partial charge is 0.489 e. The average molecular weight is 325 g/mol. The summed E-state index contributed by atoms with van der Waals surface area (Å²) in [5.41, 5.74) is 6.18. The zero-order valence-electron chi connectivity index (χ0n) is 11.4. The van der Waals surface area contributed by atoms with E-state index in [1.165, 1.54) is 6.42 Å². The van der Waals surface area contributed by atoms with E-state index in [0.717, 1.165) is 29.0 Å². The molecule has 1 aliphatic carbocycles. The molecule has 1 fully saturated rings. The average Bonchev–Trinajstić information content (AvgIpc) is 2.36. The van der Waals surface area contributed by atoms with Gasteiger partial charge in [0.25, 0.3) is 0 Å². The monoisotopic (exact) mass is 324 g/mol. The molecule has 1 aliphatic rings. The second-order valence-electron chi connectivity index (χ2n) is 5.57. The summed E-state index contributed by atoms with van der Waals surface area (Å²) < 4.78 is 6.95. The number of amidine groups is 1. The second kappa shape index (κ2) is 5.95. The highest BCUT2D eigenvalue weighted by Crippen LogP contribution is 2.34. The molecule has 0 saturated heterocycles. The zero-order chi connectivity index (χ0) is 14.0. The number of halogens is 1. The lowest BCUT2D eigenvalue weighted by Crippen LogP contribution is -2.28. The maximum absolute atomic E-state index is 7.42. The van der Waals surface area contributed by atoms with Gasteiger partial charge in [0, 0.05) is 5.56 Å². The van der Waals surface area contributed by atoms with Crippen molar-refractivity contribution in [2.24, 2.45) is 17.6 Å². The Morgan fingerprint density at radius 2 is 2.05 bits per heavy atom. The van der Waals surface area contributed by atoms with E-state index in [4.69, 9.17) is 15.9 Å². The summed E-state index contributed by atoms with van der Waals surface area (Å²) in [6.07, 6.45) is 3.76. The van der Waals surface area contributed by atoms with Crippen molar-refractivity contribution in [3.05, 3.63) is 28.2 Å². The lowest BCUT2D eigenvalue weighted by Gasteiger charge is -2.32. The molecule has 0 radical (unpaired) electrons. The molecule has 1 saturated carbocycles. The van der Waals surface area contributed by atoms with Crippen LogP contribution in [0, 0.1) is 17.2 Å². The van der Waals surface area contributed by atoms with Gasteiger partial charge in [-0.3, -0.25) is 5.41 Å². The Labute approximate surface area is 123 Å². The summed E-state index contributed by atoms with van der Waals surface area (Å²) in [6.45, 7) is 4.62. The number of hydrogen-bond donors (Lipinski definition) is 2. The fourth-order valence-corrected chi connectivity index (χ4v) is 3.02. The van der Waals surface area contributed by atoms with E-state index in [0.29, 0.717) is 17.6 Å². The topological polar surface area (TPSA) is 59.1 Å². The van der Waals surface area contributed by atoms with E-state index >= 15 is 0 Å². The predicted octanol–water partition coefficient (Wildman–Crippen LogP) is 3.94. The minimum absolute atomic E-state index is 0.0763. The van der Waals surface area contributed by atoms with Gasteiger partial charge in [0.2, 0.25) is 0 Å². The summed E-state index contributed by atoms with van der Waals surface area (Å²) in [5, 5.41) is 7.42. The molecule has 2 rings (SSSR count). The highest BCUT2D eigenvalue weighted by Gasteiger charge is 2.26. The van der Waals surface area contributed by atoms with Crippen LogP contribution in [0.5, 0.6) is 5.75 Å². The highest BCUT2D eigenvalue weighted by molar-refractivity contribution is 9.10. The number of nitrogen functional groups attached to an aromatic ring is 1. The first kappa shape index (κ1) is 14.4. The standard InChI is InChI=1S/C15H21BrN2O/c1-9-3-5-12(7-10(9)2)19-14-6-4-11(15(17)18)8-13(14)16/h4,6,8-10,12H,3,5,7H2,1-2H3,(H3,17,18). The van der Waals surface area contributed by atoms with E-state index in [1.54, 1.807) is 0 Å². The summed E-state index contributed by atoms with van der Waals surface area (Å²) in [4.78, 5) is 0. The Balaban J connectivity index is 2.05. The van der Waals surface area contributed by atoms with Gasteiger partial charge < -0.3 is 10.5 Å². The van der Waals surface area contributed by atoms with Crippen molar-refractivity contribution in [3.8, 4) is 5.75 Å². The van der Waals surface area contributed by atoms with Crippen LogP contribution < -0.4 is 10.5 Å². The number of hydrogen-bond acceptors (Lipinski definition) is 2. The normalized spacial score (nSPS) is 27.0. The van der Waals surface area contributed by atoms with Gasteiger partial charge in [0.05, 0.1) is 10.6 Å². The molecule has 1 aromatic carbocycles. The molecule has 1 aromatic rings. The number of nitrogens with one attached hydrogen (secondary N) is 1. The summed E-state index contributed by atoms with van der Waals surface area (Å²) in [7, 11) is 0. The Kier molecular flexibility index (Phi) is 4.50. The lowest BCUT2D eigenvalue weighted by molar-refractivity contribution is 0.0999. The molecular formula is C15H21BrN2O. The SMILES string of the molecule is CC1CCC(Oc2ccc(C(=N)N)cc2Br)CC1C. The van der Waals surface area contributed by atoms with E-state index in [9.17, 15) is 0 Å². The molecule has 4 heteroatoms. The van der Waals surface area contributed by atoms with E-state index in [1.807, 2.05) is 18.2 Å². The fourth-order valence-electron chi connectivity index (χ4n) is 2.55. The number of ether oxygens (including phenoxy) is 1. The molecule has 104 valence electrons. The fraction of sp³-hybridized carbons (Fsp3) is 0.533. The molecule has 3 nitrogen and oxygen atoms in total. The first-order valence-electron chi connectivity index (χ1n) is 6.78. The molecular weight excluding hydrogens is 304 g/mol. The molecule has 3 unspecified atom stereocenters. The summed E-state index contributed by atoms with van der Waals surface area (Å²) >= 11 is 3.49. The van der Waals surface area contributed by atoms with Gasteiger partial charge >= 0.3 is 0 Å². The van der Waals surface area contributed by atoms with Crippen LogP contribution in [0.2, 0.25) is 0 Å². The summed E-state index contributed by atoms with van der Waals surface area (Å²) in [6, 6.07) is 5.56. The van der Waals surface area contributed by atoms with Crippen LogP contribution >= 0.6 is 15.9 Å². The molecule has 0 spiro atoms. The third-order valence-corrected chi connectivity index (χ3v) is 4.71. The molecule has 0 heterocycles. The van der Waals surface area contributed by atoms with Crippen LogP contribution in [-0.2, 0) is 0 Å². The first-order valence-corrected chi connectivity index (χ1v) is 7.57. The molecule has 19 heavy (non-hydrogen) atoms. The van der Waals surface area contributed by atoms with Gasteiger partial charge in [-0.25, -0.2) is 0 Å². The van der Waals surface area contributed by atoms with Gasteiger partial charge in [-0.2, -0.15) is 0 Å². The lowest BCUT2D eigenvalue weighted by atomic mass is 9.80. The molecule has 0 bridgehead atoms. The van der Waals surface area contributed by atoms with E-state index in [2.05, 4.69) is 29.8 Å². The Bertz CT molecular complexity index is 475. The van der Waals surface area contributed by atoms with Crippen molar-refractivity contribution in [1.29, 1.82) is 5.41 Å². The van der Waals surface area contributed by atoms with Gasteiger partial charge in [-0.15, -0.1) is 0 Å². The van der Waals surface area contributed by atoms with Crippen LogP contribution in [0.15, 0.2) is 22.7 Å². The maximum Gasteiger partial charge on any atom is 0.133 e. The van der Waals surface area contributed by atoms with Crippen molar-refractivity contribution in [2.45, 2.75) is 39.2 Å². The van der Waals surface area contributed by atoms with E-state index < -0.39 is 0 Å². The Morgan fingerprint density at radius 3 is 2.63 bits per heavy atom. The van der Waals surface area contributed by atoms with Crippen molar-refractivity contribution in [2.75, 3.05) is 0 Å². The second-order valence-corrected chi connectivity index (χ2v) is 6.42. The van der Waals surface area contributed by atoms with Crippen LogP contribution in [0.1, 0.15) is 38.7 Å². The van der Waals surface area contributed by atoms with Crippen LogP contribution in [0.4, 0.5) is 0 Å². The quantitative estimate of drug-likeness (QED) is 0.653. The molecule has 0 aromatic heterocycles. The molecule has 3 N–H and O–H groups in total. The van der Waals surface area contributed by atoms with E-state index in [-0.39, 0.29) is 5.84 Å². The first-order chi connectivity index (χ1) is 8.97. The maximum atomic E-state index is 7.42. The predicted molar refractivity (Wildman–Crippen MR) is 81.8 cm³/mol. The number of nitrogens with two attached hydrogens (primary N) is 1. The van der Waals surface area contributed by atoms with Crippen molar-refractivity contribution in [3.63, 3.8) is 0 Å². The summed E-state index contributed by atoms with van der Waals surface area (Å²) in [5.74, 6) is 2.43. The smallest absolute Gasteiger partial charge is 0.133 e. The molecule has 0 aliphatic heterocycles. The van der Waals surface area contributed by atoms with Gasteiger partial charge in [0.1, 0.15) is 11.6 Å². The van der Waals surface area contributed by atoms with Crippen LogP contribution in [0.3, 0.4) is 0 Å². The van der Waals surface area contributed by atoms with Crippen molar-refractivity contribution < 1.29 is 4.74 Å². The van der Waals surface area contributed by atoms with Crippen LogP contribution in [0.25, 0.3) is 0 Å². The van der Waals surface area contributed by atoms with Gasteiger partial charge in [0.15, 0.2) is 0 Å². The minimum atomic E-state index is 0.0763. The number of rotatable bonds is 3. The molecule has 3 atom stereocenters. The zero-order valence-corrected chi connectivity index (χ0v) is 13.0. The minimum Gasteiger partial charge on any atom is -0.489 e.